The smallest absolute Gasteiger partial charge is 0.00506 e. The van der Waals surface area contributed by atoms with E-state index < -0.39 is 0 Å². The fraction of sp³-hybridized carbons (Fsp3) is 0.429. The predicted molar refractivity (Wildman–Crippen MR) is 65.3 cm³/mol. The van der Waals surface area contributed by atoms with Crippen LogP contribution in [0.15, 0.2) is 24.3 Å². The van der Waals surface area contributed by atoms with Gasteiger partial charge in [0, 0.05) is 29.6 Å². The van der Waals surface area contributed by atoms with E-state index in [0.29, 0.717) is 0 Å². The summed E-state index contributed by atoms with van der Waals surface area (Å²) in [5.41, 5.74) is 0. The average molecular weight is 306 g/mol. The summed E-state index contributed by atoms with van der Waals surface area (Å²) < 4.78 is 25.7. The van der Waals surface area contributed by atoms with E-state index in [1.165, 1.54) is 0 Å². The van der Waals surface area contributed by atoms with Crippen molar-refractivity contribution in [3.05, 3.63) is 50.6 Å². The molecule has 0 spiro atoms. The van der Waals surface area contributed by atoms with E-state index in [2.05, 4.69) is 13.3 Å². The van der Waals surface area contributed by atoms with Crippen LogP contribution in [0, 0.1) is 26.3 Å². The van der Waals surface area contributed by atoms with Gasteiger partial charge in [0.05, 0.1) is 6.10 Å². The van der Waals surface area contributed by atoms with E-state index in [1.54, 1.807) is 6.61 Å². The van der Waals surface area contributed by atoms with Crippen molar-refractivity contribution in [2.24, 2.45) is 0 Å². The zero-order valence-corrected chi connectivity index (χ0v) is 12.3. The first-order valence-electron chi connectivity index (χ1n) is 5.42. The Morgan fingerprint density at radius 1 is 0.895 bits per heavy atom. The molecule has 0 aromatic carbocycles. The van der Waals surface area contributed by atoms with Crippen molar-refractivity contribution >= 4 is 0 Å². The molecule has 1 heterocycles. The van der Waals surface area contributed by atoms with Crippen LogP contribution >= 0.6 is 0 Å². The number of ether oxygens (including phenoxy) is 2. The topological polar surface area (TPSA) is 58.3 Å². The summed E-state index contributed by atoms with van der Waals surface area (Å²) in [5, 5.41) is 0. The Morgan fingerprint density at radius 3 is 1.63 bits per heavy atom. The van der Waals surface area contributed by atoms with Crippen molar-refractivity contribution in [1.82, 2.24) is 0 Å². The van der Waals surface area contributed by atoms with Gasteiger partial charge < -0.3 is 9.47 Å². The van der Waals surface area contributed by atoms with Crippen molar-refractivity contribution in [2.75, 3.05) is 0 Å². The molecule has 0 aromatic heterocycles. The molecule has 107 valence electrons. The molecule has 1 radical (unpaired) electrons. The van der Waals surface area contributed by atoms with Crippen molar-refractivity contribution in [3.8, 4) is 0 Å². The third-order valence-electron chi connectivity index (χ3n) is 2.13. The standard InChI is InChI=1S/C7H13O2.C5H5.2CO.Fe/c1-5-4-8-6(2)7(3)9-5;1-2-4-5-3-1;2*1-2;/h4-7H,1-3H3;1-5H;;;/q-1;;;;/t5-,6-,7-;;;;/m1..../s1. The number of hydrogen-bond donors (Lipinski definition) is 0. The Balaban J connectivity index is -0.000000220. The van der Waals surface area contributed by atoms with Crippen LogP contribution in [-0.2, 0) is 35.8 Å². The van der Waals surface area contributed by atoms with Gasteiger partial charge in [0.15, 0.2) is 0 Å². The molecule has 0 unspecified atom stereocenters. The van der Waals surface area contributed by atoms with Crippen molar-refractivity contribution in [3.63, 3.8) is 0 Å². The van der Waals surface area contributed by atoms with E-state index in [0.717, 1.165) is 0 Å². The predicted octanol–water partition coefficient (Wildman–Crippen LogP) is 2.60. The SMILES string of the molecule is C[C@@H]1[CH-]O[C@H](C)[C@@H](C)O1.[C-]#[O+].[C-]#[O+].[CH]1C=CC=C1.[Fe]. The van der Waals surface area contributed by atoms with E-state index in [-0.39, 0.29) is 35.4 Å². The molecule has 0 saturated carbocycles. The maximum atomic E-state index is 7.50. The molecule has 1 fully saturated rings. The molecule has 5 heteroatoms. The molecule has 4 nitrogen and oxygen atoms in total. The number of hydrogen-bond acceptors (Lipinski definition) is 2. The fourth-order valence-electron chi connectivity index (χ4n) is 1.15. The third kappa shape index (κ3) is 13.6. The molecular formula is C14H18FeO4-. The number of rotatable bonds is 0. The molecule has 1 aliphatic heterocycles. The Hall–Kier alpha value is -0.601. The molecule has 19 heavy (non-hydrogen) atoms. The first-order chi connectivity index (χ1) is 8.70. The molecule has 2 rings (SSSR count). The molecule has 2 aliphatic rings. The Morgan fingerprint density at radius 2 is 1.37 bits per heavy atom. The summed E-state index contributed by atoms with van der Waals surface area (Å²) >= 11 is 0. The fourth-order valence-corrected chi connectivity index (χ4v) is 1.15. The monoisotopic (exact) mass is 306 g/mol. The second-order valence-corrected chi connectivity index (χ2v) is 3.49. The van der Waals surface area contributed by atoms with Gasteiger partial charge in [-0.1, -0.05) is 31.2 Å². The normalized spacial score (nSPS) is 26.2. The van der Waals surface area contributed by atoms with Crippen LogP contribution in [0.4, 0.5) is 0 Å². The average Bonchev–Trinajstić information content (AvgIpc) is 2.98. The Labute approximate surface area is 126 Å². The Bertz CT molecular complexity index is 268. The largest absolute Gasteiger partial charge is 0.0767 e. The van der Waals surface area contributed by atoms with Crippen LogP contribution in [0.25, 0.3) is 0 Å². The molecular weight excluding hydrogens is 288 g/mol. The van der Waals surface area contributed by atoms with E-state index >= 15 is 0 Å². The van der Waals surface area contributed by atoms with Crippen LogP contribution in [-0.4, -0.2) is 18.3 Å². The zero-order valence-electron chi connectivity index (χ0n) is 11.2. The van der Waals surface area contributed by atoms with Gasteiger partial charge in [0.1, 0.15) is 0 Å². The van der Waals surface area contributed by atoms with Gasteiger partial charge in [0.25, 0.3) is 0 Å². The van der Waals surface area contributed by atoms with Gasteiger partial charge >= 0.3 is 22.6 Å². The van der Waals surface area contributed by atoms with Gasteiger partial charge in [-0.2, -0.15) is 6.61 Å². The summed E-state index contributed by atoms with van der Waals surface area (Å²) in [5.74, 6) is 0. The van der Waals surface area contributed by atoms with Crippen molar-refractivity contribution in [2.45, 2.75) is 39.1 Å². The zero-order chi connectivity index (χ0) is 14.4. The molecule has 0 N–H and O–H groups in total. The molecule has 3 atom stereocenters. The molecule has 0 aromatic rings. The summed E-state index contributed by atoms with van der Waals surface area (Å²) in [6, 6.07) is 0. The molecule has 1 aliphatic carbocycles. The van der Waals surface area contributed by atoms with Gasteiger partial charge in [-0.05, 0) is 20.0 Å². The van der Waals surface area contributed by atoms with Gasteiger partial charge in [-0.15, -0.1) is 0 Å². The Kier molecular flexibility index (Phi) is 21.5. The van der Waals surface area contributed by atoms with Gasteiger partial charge in [-0.3, -0.25) is 0 Å². The second kappa shape index (κ2) is 17.4. The quantitative estimate of drug-likeness (QED) is 0.392. The molecule has 1 saturated heterocycles. The minimum absolute atomic E-state index is 0. The van der Waals surface area contributed by atoms with Crippen LogP contribution in [0.3, 0.4) is 0 Å². The van der Waals surface area contributed by atoms with E-state index in [1.807, 2.05) is 51.5 Å². The van der Waals surface area contributed by atoms with Crippen molar-refractivity contribution < 1.29 is 35.8 Å². The maximum absolute atomic E-state index is 7.50. The molecule has 0 bridgehead atoms. The van der Waals surface area contributed by atoms with Crippen LogP contribution in [0.5, 0.6) is 0 Å². The van der Waals surface area contributed by atoms with E-state index in [4.69, 9.17) is 18.8 Å². The minimum Gasteiger partial charge on any atom is -0.0767 e. The van der Waals surface area contributed by atoms with Gasteiger partial charge in [-0.25, -0.2) is 0 Å². The van der Waals surface area contributed by atoms with Gasteiger partial charge in [0.2, 0.25) is 0 Å². The van der Waals surface area contributed by atoms with E-state index in [9.17, 15) is 0 Å². The maximum Gasteiger partial charge on any atom is 0.00506 e. The first kappa shape index (κ1) is 23.5. The first-order valence-corrected chi connectivity index (χ1v) is 5.42. The molecule has 0 amide bonds. The third-order valence-corrected chi connectivity index (χ3v) is 2.13. The summed E-state index contributed by atoms with van der Waals surface area (Å²) in [6.07, 6.45) is 10.6. The van der Waals surface area contributed by atoms with Crippen LogP contribution in [0.2, 0.25) is 0 Å². The number of allylic oxidation sites excluding steroid dienone is 4. The second-order valence-electron chi connectivity index (χ2n) is 3.49. The van der Waals surface area contributed by atoms with Crippen molar-refractivity contribution in [1.29, 1.82) is 0 Å². The summed E-state index contributed by atoms with van der Waals surface area (Å²) in [4.78, 5) is 0. The summed E-state index contributed by atoms with van der Waals surface area (Å²) in [7, 11) is 0. The minimum atomic E-state index is 0. The summed E-state index contributed by atoms with van der Waals surface area (Å²) in [6.45, 7) is 16.7. The van der Waals surface area contributed by atoms with Crippen LogP contribution < -0.4 is 0 Å². The van der Waals surface area contributed by atoms with Crippen LogP contribution in [0.1, 0.15) is 20.8 Å².